The first-order valence-corrected chi connectivity index (χ1v) is 10.0. The zero-order chi connectivity index (χ0) is 19.2. The maximum atomic E-state index is 6.15. The molecule has 0 aliphatic carbocycles. The van der Waals surface area contributed by atoms with Crippen LogP contribution in [0.1, 0.15) is 35.5 Å². The molecule has 0 saturated heterocycles. The highest BCUT2D eigenvalue weighted by molar-refractivity contribution is 7.98. The van der Waals surface area contributed by atoms with Crippen molar-refractivity contribution in [1.29, 1.82) is 0 Å². The van der Waals surface area contributed by atoms with Gasteiger partial charge in [0.25, 0.3) is 0 Å². The molecule has 0 spiro atoms. The molecule has 0 N–H and O–H groups in total. The first-order chi connectivity index (χ1) is 13.1. The van der Waals surface area contributed by atoms with Gasteiger partial charge in [-0.15, -0.1) is 16.8 Å². The number of aryl methyl sites for hydroxylation is 2. The highest BCUT2D eigenvalue weighted by Crippen LogP contribution is 2.28. The minimum Gasteiger partial charge on any atom is -0.482 e. The summed E-state index contributed by atoms with van der Waals surface area (Å²) in [6, 6.07) is 16.4. The Bertz CT molecular complexity index is 919. The van der Waals surface area contributed by atoms with Crippen LogP contribution in [0.3, 0.4) is 0 Å². The Hall–Kier alpha value is -2.53. The molecule has 5 heteroatoms. The van der Waals surface area contributed by atoms with Crippen molar-refractivity contribution in [2.45, 2.75) is 44.3 Å². The van der Waals surface area contributed by atoms with Crippen LogP contribution in [0.5, 0.6) is 5.75 Å². The second kappa shape index (κ2) is 8.91. The third-order valence-electron chi connectivity index (χ3n) is 4.44. The Balaban J connectivity index is 1.79. The van der Waals surface area contributed by atoms with Crippen molar-refractivity contribution >= 4 is 11.8 Å². The quantitative estimate of drug-likeness (QED) is 0.382. The average Bonchev–Trinajstić information content (AvgIpc) is 3.06. The summed E-state index contributed by atoms with van der Waals surface area (Å²) in [5.74, 6) is 2.53. The minimum absolute atomic E-state index is 0.202. The number of para-hydroxylation sites is 1. The van der Waals surface area contributed by atoms with Gasteiger partial charge in [-0.05, 0) is 43.5 Å². The maximum absolute atomic E-state index is 6.15. The third-order valence-corrected chi connectivity index (χ3v) is 5.45. The normalized spacial score (nSPS) is 12.0. The number of thioether (sulfide) groups is 1. The monoisotopic (exact) mass is 379 g/mol. The molecule has 1 aromatic heterocycles. The van der Waals surface area contributed by atoms with Gasteiger partial charge in [0, 0.05) is 12.3 Å². The van der Waals surface area contributed by atoms with Gasteiger partial charge < -0.3 is 4.74 Å². The van der Waals surface area contributed by atoms with Crippen LogP contribution >= 0.6 is 11.8 Å². The van der Waals surface area contributed by atoms with E-state index in [9.17, 15) is 0 Å². The fourth-order valence-electron chi connectivity index (χ4n) is 2.85. The molecule has 1 heterocycles. The molecule has 0 bridgehead atoms. The Morgan fingerprint density at radius 2 is 1.78 bits per heavy atom. The number of aromatic nitrogens is 3. The van der Waals surface area contributed by atoms with Crippen LogP contribution in [0.2, 0.25) is 0 Å². The van der Waals surface area contributed by atoms with Crippen LogP contribution in [0.25, 0.3) is 0 Å². The SMILES string of the molecule is C=CCn1c(SCc2ccccc2C)nnc1C(C)Oc1ccccc1C. The van der Waals surface area contributed by atoms with Gasteiger partial charge in [0.1, 0.15) is 5.75 Å². The molecule has 27 heavy (non-hydrogen) atoms. The van der Waals surface area contributed by atoms with Crippen LogP contribution in [-0.4, -0.2) is 14.8 Å². The van der Waals surface area contributed by atoms with Gasteiger partial charge in [-0.2, -0.15) is 0 Å². The van der Waals surface area contributed by atoms with Gasteiger partial charge in [0.05, 0.1) is 0 Å². The highest BCUT2D eigenvalue weighted by Gasteiger charge is 2.19. The lowest BCUT2D eigenvalue weighted by Gasteiger charge is -2.17. The Morgan fingerprint density at radius 1 is 1.07 bits per heavy atom. The van der Waals surface area contributed by atoms with E-state index in [-0.39, 0.29) is 6.10 Å². The average molecular weight is 380 g/mol. The predicted octanol–water partition coefficient (Wildman–Crippen LogP) is 5.51. The van der Waals surface area contributed by atoms with Crippen LogP contribution in [0, 0.1) is 13.8 Å². The molecule has 3 rings (SSSR count). The largest absolute Gasteiger partial charge is 0.482 e. The van der Waals surface area contributed by atoms with Gasteiger partial charge >= 0.3 is 0 Å². The summed E-state index contributed by atoms with van der Waals surface area (Å²) in [5, 5.41) is 9.71. The number of hydrogen-bond acceptors (Lipinski definition) is 4. The van der Waals surface area contributed by atoms with Gasteiger partial charge in [0.2, 0.25) is 0 Å². The second-order valence-electron chi connectivity index (χ2n) is 6.48. The van der Waals surface area contributed by atoms with E-state index in [0.29, 0.717) is 6.54 Å². The van der Waals surface area contributed by atoms with E-state index in [2.05, 4.69) is 52.5 Å². The number of rotatable bonds is 8. The first-order valence-electron chi connectivity index (χ1n) is 9.03. The lowest BCUT2D eigenvalue weighted by molar-refractivity contribution is 0.209. The smallest absolute Gasteiger partial charge is 0.191 e. The van der Waals surface area contributed by atoms with E-state index in [1.165, 1.54) is 11.1 Å². The summed E-state index contributed by atoms with van der Waals surface area (Å²) in [6.07, 6.45) is 1.66. The number of hydrogen-bond donors (Lipinski definition) is 0. The van der Waals surface area contributed by atoms with Crippen LogP contribution in [-0.2, 0) is 12.3 Å². The van der Waals surface area contributed by atoms with Crippen molar-refractivity contribution in [1.82, 2.24) is 14.8 Å². The molecule has 2 aromatic carbocycles. The van der Waals surface area contributed by atoms with Crippen LogP contribution in [0.4, 0.5) is 0 Å². The lowest BCUT2D eigenvalue weighted by Crippen LogP contribution is -2.12. The summed E-state index contributed by atoms with van der Waals surface area (Å²) in [7, 11) is 0. The van der Waals surface area contributed by atoms with E-state index < -0.39 is 0 Å². The second-order valence-corrected chi connectivity index (χ2v) is 7.42. The molecule has 140 valence electrons. The van der Waals surface area contributed by atoms with Crippen molar-refractivity contribution in [3.8, 4) is 5.75 Å². The van der Waals surface area contributed by atoms with Gasteiger partial charge in [-0.1, -0.05) is 60.3 Å². The van der Waals surface area contributed by atoms with Crippen molar-refractivity contribution < 1.29 is 4.74 Å². The standard InChI is InChI=1S/C22H25N3OS/c1-5-14-25-21(18(4)26-20-13-9-7-11-17(20)3)23-24-22(25)27-15-19-12-8-6-10-16(19)2/h5-13,18H,1,14-15H2,2-4H3. The van der Waals surface area contributed by atoms with Crippen LogP contribution in [0.15, 0.2) is 66.3 Å². The molecule has 4 nitrogen and oxygen atoms in total. The molecule has 3 aromatic rings. The molecule has 0 aliphatic rings. The van der Waals surface area contributed by atoms with Crippen molar-refractivity contribution in [3.63, 3.8) is 0 Å². The molecule has 0 fully saturated rings. The number of allylic oxidation sites excluding steroid dienone is 1. The highest BCUT2D eigenvalue weighted by atomic mass is 32.2. The van der Waals surface area contributed by atoms with Crippen molar-refractivity contribution in [3.05, 3.63) is 83.7 Å². The summed E-state index contributed by atoms with van der Waals surface area (Å²) < 4.78 is 8.23. The molecular formula is C22H25N3OS. The third kappa shape index (κ3) is 4.61. The van der Waals surface area contributed by atoms with Gasteiger partial charge in [-0.3, -0.25) is 4.57 Å². The predicted molar refractivity (Wildman–Crippen MR) is 111 cm³/mol. The maximum Gasteiger partial charge on any atom is 0.191 e. The van der Waals surface area contributed by atoms with E-state index in [0.717, 1.165) is 28.0 Å². The Morgan fingerprint density at radius 3 is 2.48 bits per heavy atom. The molecule has 1 atom stereocenters. The fourth-order valence-corrected chi connectivity index (χ4v) is 3.89. The molecule has 0 aliphatic heterocycles. The summed E-state index contributed by atoms with van der Waals surface area (Å²) in [5.41, 5.74) is 3.70. The van der Waals surface area contributed by atoms with E-state index in [4.69, 9.17) is 4.74 Å². The molecular weight excluding hydrogens is 354 g/mol. The zero-order valence-electron chi connectivity index (χ0n) is 16.1. The molecule has 0 amide bonds. The van der Waals surface area contributed by atoms with Gasteiger partial charge in [-0.25, -0.2) is 0 Å². The molecule has 0 radical (unpaired) electrons. The molecule has 0 saturated carbocycles. The topological polar surface area (TPSA) is 39.9 Å². The number of nitrogens with zero attached hydrogens (tertiary/aromatic N) is 3. The first kappa shape index (κ1) is 19.2. The zero-order valence-corrected chi connectivity index (χ0v) is 16.9. The fraction of sp³-hybridized carbons (Fsp3) is 0.273. The summed E-state index contributed by atoms with van der Waals surface area (Å²) in [6.45, 7) is 10.7. The summed E-state index contributed by atoms with van der Waals surface area (Å²) in [4.78, 5) is 0. The Kier molecular flexibility index (Phi) is 6.35. The number of ether oxygens (including phenoxy) is 1. The number of benzene rings is 2. The van der Waals surface area contributed by atoms with Crippen LogP contribution < -0.4 is 4.74 Å². The van der Waals surface area contributed by atoms with Crippen molar-refractivity contribution in [2.75, 3.05) is 0 Å². The van der Waals surface area contributed by atoms with Crippen molar-refractivity contribution in [2.24, 2.45) is 0 Å². The Labute approximate surface area is 165 Å². The minimum atomic E-state index is -0.202. The van der Waals surface area contributed by atoms with E-state index in [1.54, 1.807) is 11.8 Å². The van der Waals surface area contributed by atoms with E-state index in [1.807, 2.05) is 44.2 Å². The summed E-state index contributed by atoms with van der Waals surface area (Å²) >= 11 is 1.69. The lowest BCUT2D eigenvalue weighted by atomic mass is 10.1. The van der Waals surface area contributed by atoms with Gasteiger partial charge in [0.15, 0.2) is 17.1 Å². The van der Waals surface area contributed by atoms with E-state index >= 15 is 0 Å². The molecule has 1 unspecified atom stereocenters.